The Morgan fingerprint density at radius 2 is 1.22 bits per heavy atom. The van der Waals surface area contributed by atoms with Crippen LogP contribution >= 0.6 is 7.60 Å². The second kappa shape index (κ2) is 26.9. The molecule has 0 aliphatic carbocycles. The molecule has 4 heterocycles. The second-order valence-electron chi connectivity index (χ2n) is 16.7. The third-order valence-corrected chi connectivity index (χ3v) is 13.8. The smallest absolute Gasteiger partial charge is 0.375 e. The summed E-state index contributed by atoms with van der Waals surface area (Å²) >= 11 is 0. The third kappa shape index (κ3) is 13.9. The first kappa shape index (κ1) is 60.0. The fraction of sp³-hybridized carbons (Fsp3) is 0.0862. The Morgan fingerprint density at radius 3 is 1.81 bits per heavy atom. The number of fused-ring (bicyclic) bond motifs is 4. The summed E-state index contributed by atoms with van der Waals surface area (Å²) in [6.45, 7) is 0. The molecule has 0 amide bonds. The number of carbonyl (C=O) groups is 5. The lowest BCUT2D eigenvalue weighted by atomic mass is 10.0. The molecule has 2 atom stereocenters. The summed E-state index contributed by atoms with van der Waals surface area (Å²) in [4.78, 5) is 66.9. The number of carboxylic acids is 1. The number of aromatic amines is 1. The van der Waals surface area contributed by atoms with E-state index in [4.69, 9.17) is 39.3 Å². The van der Waals surface area contributed by atoms with Gasteiger partial charge in [-0.15, -0.1) is 0 Å². The van der Waals surface area contributed by atoms with Crippen molar-refractivity contribution in [2.75, 3.05) is 14.2 Å². The lowest BCUT2D eigenvalue weighted by molar-refractivity contribution is -0.0548. The predicted octanol–water partition coefficient (Wildman–Crippen LogP) is 11.1. The number of cyclic esters (lactones) is 3. The van der Waals surface area contributed by atoms with Crippen molar-refractivity contribution in [3.63, 3.8) is 0 Å². The summed E-state index contributed by atoms with van der Waals surface area (Å²) in [5.74, 6) is -5.20. The van der Waals surface area contributed by atoms with Gasteiger partial charge in [0.1, 0.15) is 41.6 Å². The summed E-state index contributed by atoms with van der Waals surface area (Å²) in [6, 6.07) is 42.7. The number of aliphatic hydroxyl groups excluding tert-OH is 1. The van der Waals surface area contributed by atoms with Crippen molar-refractivity contribution in [1.29, 1.82) is 10.5 Å². The number of ether oxygens (including phenoxy) is 3. The maximum atomic E-state index is 13.4. The Balaban J connectivity index is 0.000000226. The highest BCUT2D eigenvalue weighted by molar-refractivity contribution is 7.54. The van der Waals surface area contributed by atoms with Gasteiger partial charge in [-0.25, -0.2) is 37.4 Å². The zero-order valence-electron chi connectivity index (χ0n) is 42.1. The number of hydrogen-bond donors (Lipinski definition) is 3. The van der Waals surface area contributed by atoms with Gasteiger partial charge in [0.15, 0.2) is 0 Å². The number of hydrogen-bond acceptors (Lipinski definition) is 16. The molecule has 7 aromatic carbocycles. The highest BCUT2D eigenvalue weighted by atomic mass is 31.2. The molecule has 2 unspecified atom stereocenters. The number of benzene rings is 7. The van der Waals surface area contributed by atoms with E-state index in [0.717, 1.165) is 12.1 Å². The molecule has 0 spiro atoms. The van der Waals surface area contributed by atoms with Gasteiger partial charge < -0.3 is 33.5 Å². The molecular formula is C58H45F4N4O14P. The second-order valence-corrected chi connectivity index (χ2v) is 19.0. The van der Waals surface area contributed by atoms with Crippen LogP contribution in [-0.4, -0.2) is 64.8 Å². The van der Waals surface area contributed by atoms with Crippen LogP contribution in [0.3, 0.4) is 0 Å². The number of rotatable bonds is 8. The largest absolute Gasteiger partial charge is 0.478 e. The van der Waals surface area contributed by atoms with Crippen LogP contribution in [0.2, 0.25) is 0 Å². The highest BCUT2D eigenvalue weighted by Crippen LogP contribution is 2.63. The van der Waals surface area contributed by atoms with Crippen LogP contribution < -0.4 is 5.56 Å². The maximum Gasteiger partial charge on any atom is 0.375 e. The molecule has 414 valence electrons. The van der Waals surface area contributed by atoms with Crippen LogP contribution in [0.4, 0.5) is 17.9 Å². The number of aldehydes is 1. The van der Waals surface area contributed by atoms with Gasteiger partial charge in [-0.1, -0.05) is 84.9 Å². The van der Waals surface area contributed by atoms with Crippen molar-refractivity contribution in [1.82, 2.24) is 10.2 Å². The van der Waals surface area contributed by atoms with Gasteiger partial charge in [-0.05, 0) is 83.9 Å². The minimum atomic E-state index is -3.44. The van der Waals surface area contributed by atoms with Gasteiger partial charge in [-0.2, -0.15) is 15.6 Å². The predicted molar refractivity (Wildman–Crippen MR) is 286 cm³/mol. The SMILES string of the molecule is COP(=O)(OC)C1OC(=O)c2ccccc21.F.N#Cc1cc(C=C2OC(=O)c3ccccc32)ccc1F.N#Cc1cc(C=O)ccc1F.O=C(O)c1cc(Cc2n[nH]c(=O)c3ccccc23)ccc1F.O=C1OC(O)c2ccccc21.[2HH].[HH]. The number of carbonyl (C=O) groups excluding carboxylic acids is 4. The summed E-state index contributed by atoms with van der Waals surface area (Å²) < 4.78 is 75.8. The van der Waals surface area contributed by atoms with Crippen molar-refractivity contribution < 1.29 is 82.7 Å². The molecule has 0 saturated carbocycles. The van der Waals surface area contributed by atoms with E-state index in [0.29, 0.717) is 78.6 Å². The molecule has 3 aliphatic rings. The van der Waals surface area contributed by atoms with Crippen LogP contribution in [0.5, 0.6) is 0 Å². The minimum Gasteiger partial charge on any atom is -0.478 e. The van der Waals surface area contributed by atoms with Gasteiger partial charge in [-0.3, -0.25) is 18.9 Å². The van der Waals surface area contributed by atoms with E-state index in [2.05, 4.69) is 14.9 Å². The van der Waals surface area contributed by atoms with Crippen LogP contribution in [0.1, 0.15) is 111 Å². The summed E-state index contributed by atoms with van der Waals surface area (Å²) in [6.07, 6.45) is 1.40. The molecule has 8 aromatic rings. The number of nitrogens with one attached hydrogen (secondary N) is 1. The van der Waals surface area contributed by atoms with E-state index in [-0.39, 0.29) is 36.2 Å². The number of nitriles is 2. The number of carboxylic acid groups (broad SMARTS) is 1. The topological polar surface area (TPSA) is 282 Å². The van der Waals surface area contributed by atoms with E-state index in [1.165, 1.54) is 56.7 Å². The lowest BCUT2D eigenvalue weighted by Gasteiger charge is -2.19. The van der Waals surface area contributed by atoms with E-state index in [9.17, 15) is 46.5 Å². The molecule has 0 saturated heterocycles. The molecule has 1 aromatic heterocycles. The zero-order valence-corrected chi connectivity index (χ0v) is 43.0. The van der Waals surface area contributed by atoms with Crippen LogP contribution in [0, 0.1) is 40.1 Å². The lowest BCUT2D eigenvalue weighted by Crippen LogP contribution is -2.11. The van der Waals surface area contributed by atoms with Gasteiger partial charge >= 0.3 is 31.5 Å². The number of esters is 3. The number of aliphatic hydroxyl groups is 1. The maximum absolute atomic E-state index is 13.4. The van der Waals surface area contributed by atoms with Gasteiger partial charge in [0.25, 0.3) is 5.56 Å². The number of H-pyrrole nitrogens is 1. The average Bonchev–Trinajstić information content (AvgIpc) is 4.13. The Morgan fingerprint density at radius 1 is 0.704 bits per heavy atom. The van der Waals surface area contributed by atoms with Gasteiger partial charge in [0, 0.05) is 51.1 Å². The van der Waals surface area contributed by atoms with Crippen LogP contribution in [-0.2, 0) is 34.2 Å². The summed E-state index contributed by atoms with van der Waals surface area (Å²) in [7, 11) is -0.916. The number of aromatic carboxylic acids is 1. The van der Waals surface area contributed by atoms with E-state index in [1.54, 1.807) is 115 Å². The summed E-state index contributed by atoms with van der Waals surface area (Å²) in [5.41, 5.74) is 4.44. The standard InChI is InChI=1S/C16H11FN2O3.C16H8FNO2.C10H11O5P.C8H4FNO.C8H6O3.FH.2H2/c17-13-6-5-9(7-12(13)16(21)22)8-14-10-3-1-2-4-11(10)15(20)19-18-14;17-14-6-5-10(7-11(14)9-18)8-15-12-3-1-2-4-13(12)16(19)20-15;1-13-16(12,14-2)10-8-6-4-3-5-7(8)9(11)15-10;9-8-2-1-6(5-11)3-7(8)4-10;9-7-5-3-1-2-4-6(5)8(10)11-7;;;/h1-7H,8H2,(H,19,20)(H,21,22);1-8H;3-6,10H,1-2H3;1-3,5H;1-4,7,9H;3*1H/i;;;;;;1+1;. The first-order valence-corrected chi connectivity index (χ1v) is 24.9. The van der Waals surface area contributed by atoms with Crippen LogP contribution in [0.25, 0.3) is 22.6 Å². The molecule has 3 N–H and O–H groups in total. The van der Waals surface area contributed by atoms with E-state index in [1.807, 2.05) is 0 Å². The molecule has 23 heteroatoms. The Bertz CT molecular complexity index is 3980. The fourth-order valence-corrected chi connectivity index (χ4v) is 9.19. The third-order valence-electron chi connectivity index (χ3n) is 11.8. The van der Waals surface area contributed by atoms with Crippen molar-refractivity contribution >= 4 is 60.4 Å². The quantitative estimate of drug-likeness (QED) is 0.0419. The monoisotopic (exact) mass is 1130 g/mol. The van der Waals surface area contributed by atoms with Gasteiger partial charge in [0.05, 0.1) is 44.5 Å². The first-order valence-electron chi connectivity index (χ1n) is 23.3. The molecule has 0 bridgehead atoms. The first-order chi connectivity index (χ1) is 38.4. The Hall–Kier alpha value is -10.2. The Labute approximate surface area is 459 Å². The van der Waals surface area contributed by atoms with Gasteiger partial charge in [0.2, 0.25) is 12.1 Å². The number of nitrogens with zero attached hydrogens (tertiary/aromatic N) is 3. The molecule has 11 rings (SSSR count). The number of halogens is 4. The molecule has 0 fully saturated rings. The van der Waals surface area contributed by atoms with Crippen molar-refractivity contribution in [3.05, 3.63) is 252 Å². The van der Waals surface area contributed by atoms with E-state index >= 15 is 0 Å². The van der Waals surface area contributed by atoms with Crippen molar-refractivity contribution in [2.24, 2.45) is 0 Å². The molecular weight excluding hydrogens is 1080 g/mol. The molecule has 18 nitrogen and oxygen atoms in total. The zero-order chi connectivity index (χ0) is 57.7. The van der Waals surface area contributed by atoms with Crippen LogP contribution in [0.15, 0.2) is 156 Å². The molecule has 3 aliphatic heterocycles. The average molecular weight is 1130 g/mol. The normalized spacial score (nSPS) is 14.5. The molecule has 0 radical (unpaired) electrons. The minimum absolute atomic E-state index is 0. The Kier molecular flexibility index (Phi) is 19.9. The van der Waals surface area contributed by atoms with Crippen molar-refractivity contribution in [3.8, 4) is 12.1 Å². The molecule has 81 heavy (non-hydrogen) atoms. The highest BCUT2D eigenvalue weighted by Gasteiger charge is 2.45. The van der Waals surface area contributed by atoms with Crippen molar-refractivity contribution in [2.45, 2.75) is 18.6 Å². The summed E-state index contributed by atoms with van der Waals surface area (Å²) in [5, 5.41) is 42.8. The fourth-order valence-electron chi connectivity index (χ4n) is 7.86. The van der Waals surface area contributed by atoms with E-state index < -0.39 is 61.1 Å². The number of aromatic nitrogens is 2.